The lowest BCUT2D eigenvalue weighted by molar-refractivity contribution is -0.120. The van der Waals surface area contributed by atoms with Crippen LogP contribution in [0.2, 0.25) is 0 Å². The molecular weight excluding hydrogens is 208 g/mol. The van der Waals surface area contributed by atoms with E-state index >= 15 is 0 Å². The minimum Gasteiger partial charge on any atom is -0.355 e. The van der Waals surface area contributed by atoms with Crippen LogP contribution in [0.1, 0.15) is 25.7 Å². The summed E-state index contributed by atoms with van der Waals surface area (Å²) in [6, 6.07) is 0. The Kier molecular flexibility index (Phi) is 6.85. The number of thioether (sulfide) groups is 1. The first-order valence-electron chi connectivity index (χ1n) is 5.81. The van der Waals surface area contributed by atoms with E-state index in [0.29, 0.717) is 6.42 Å². The standard InChI is InChI=1S/C11H22N2OS/c1-15-10-5-11(14)12-6-9-13-7-3-2-4-8-13/h2-10H2,1H3,(H,12,14). The van der Waals surface area contributed by atoms with Crippen LogP contribution >= 0.6 is 11.8 Å². The molecule has 0 aromatic carbocycles. The van der Waals surface area contributed by atoms with Crippen molar-refractivity contribution in [1.82, 2.24) is 10.2 Å². The van der Waals surface area contributed by atoms with Gasteiger partial charge in [-0.1, -0.05) is 6.42 Å². The number of hydrogen-bond donors (Lipinski definition) is 1. The van der Waals surface area contributed by atoms with E-state index in [1.807, 2.05) is 6.26 Å². The zero-order valence-corrected chi connectivity index (χ0v) is 10.4. The van der Waals surface area contributed by atoms with Crippen LogP contribution in [0.3, 0.4) is 0 Å². The van der Waals surface area contributed by atoms with Crippen LogP contribution in [0.25, 0.3) is 0 Å². The van der Waals surface area contributed by atoms with Gasteiger partial charge in [-0.05, 0) is 32.2 Å². The summed E-state index contributed by atoms with van der Waals surface area (Å²) < 4.78 is 0. The van der Waals surface area contributed by atoms with Crippen molar-refractivity contribution < 1.29 is 4.79 Å². The monoisotopic (exact) mass is 230 g/mol. The van der Waals surface area contributed by atoms with Crippen LogP contribution in [0.15, 0.2) is 0 Å². The SMILES string of the molecule is CSCCC(=O)NCCN1CCCCC1. The Labute approximate surface area is 97.0 Å². The van der Waals surface area contributed by atoms with Gasteiger partial charge in [-0.15, -0.1) is 0 Å². The fraction of sp³-hybridized carbons (Fsp3) is 0.909. The molecule has 0 aliphatic carbocycles. The van der Waals surface area contributed by atoms with E-state index < -0.39 is 0 Å². The fourth-order valence-corrected chi connectivity index (χ4v) is 2.21. The van der Waals surface area contributed by atoms with E-state index in [9.17, 15) is 4.79 Å². The third-order valence-corrected chi connectivity index (χ3v) is 3.34. The highest BCUT2D eigenvalue weighted by Crippen LogP contribution is 2.07. The van der Waals surface area contributed by atoms with Crippen molar-refractivity contribution in [3.8, 4) is 0 Å². The lowest BCUT2D eigenvalue weighted by Gasteiger charge is -2.26. The van der Waals surface area contributed by atoms with Crippen molar-refractivity contribution in [3.63, 3.8) is 0 Å². The molecule has 0 spiro atoms. The van der Waals surface area contributed by atoms with Crippen LogP contribution in [0.4, 0.5) is 0 Å². The highest BCUT2D eigenvalue weighted by atomic mass is 32.2. The van der Waals surface area contributed by atoms with Gasteiger partial charge in [-0.25, -0.2) is 0 Å². The molecule has 1 fully saturated rings. The number of piperidine rings is 1. The van der Waals surface area contributed by atoms with E-state index in [1.165, 1.54) is 32.4 Å². The summed E-state index contributed by atoms with van der Waals surface area (Å²) in [4.78, 5) is 13.7. The molecule has 1 aliphatic heterocycles. The van der Waals surface area contributed by atoms with Gasteiger partial charge in [0.15, 0.2) is 0 Å². The van der Waals surface area contributed by atoms with Crippen LogP contribution in [-0.2, 0) is 4.79 Å². The summed E-state index contributed by atoms with van der Waals surface area (Å²) in [5, 5.41) is 2.97. The van der Waals surface area contributed by atoms with Gasteiger partial charge in [0.25, 0.3) is 0 Å². The Bertz CT molecular complexity index is 181. The van der Waals surface area contributed by atoms with Crippen molar-refractivity contribution in [1.29, 1.82) is 0 Å². The summed E-state index contributed by atoms with van der Waals surface area (Å²) in [6.45, 7) is 4.25. The highest BCUT2D eigenvalue weighted by Gasteiger charge is 2.09. The molecule has 1 aliphatic rings. The van der Waals surface area contributed by atoms with Gasteiger partial charge in [-0.3, -0.25) is 4.79 Å². The number of amides is 1. The Morgan fingerprint density at radius 2 is 2.07 bits per heavy atom. The van der Waals surface area contributed by atoms with E-state index in [1.54, 1.807) is 11.8 Å². The summed E-state index contributed by atoms with van der Waals surface area (Å²) in [7, 11) is 0. The first kappa shape index (κ1) is 12.8. The van der Waals surface area contributed by atoms with Gasteiger partial charge in [0.05, 0.1) is 0 Å². The van der Waals surface area contributed by atoms with E-state index in [0.717, 1.165) is 18.8 Å². The average molecular weight is 230 g/mol. The van der Waals surface area contributed by atoms with Crippen molar-refractivity contribution >= 4 is 17.7 Å². The predicted molar refractivity (Wildman–Crippen MR) is 66.3 cm³/mol. The fourth-order valence-electron chi connectivity index (χ4n) is 1.82. The van der Waals surface area contributed by atoms with Gasteiger partial charge in [-0.2, -0.15) is 11.8 Å². The van der Waals surface area contributed by atoms with E-state index in [2.05, 4.69) is 10.2 Å². The Hall–Kier alpha value is -0.220. The van der Waals surface area contributed by atoms with Gasteiger partial charge >= 0.3 is 0 Å². The largest absolute Gasteiger partial charge is 0.355 e. The maximum atomic E-state index is 11.3. The van der Waals surface area contributed by atoms with Crippen LogP contribution in [0.5, 0.6) is 0 Å². The Balaban J connectivity index is 1.97. The molecule has 0 aromatic rings. The summed E-state index contributed by atoms with van der Waals surface area (Å²) >= 11 is 1.72. The highest BCUT2D eigenvalue weighted by molar-refractivity contribution is 7.98. The average Bonchev–Trinajstić information content (AvgIpc) is 2.28. The molecule has 1 heterocycles. The van der Waals surface area contributed by atoms with E-state index in [4.69, 9.17) is 0 Å². The van der Waals surface area contributed by atoms with Crippen molar-refractivity contribution in [2.45, 2.75) is 25.7 Å². The first-order chi connectivity index (χ1) is 7.33. The molecule has 0 saturated carbocycles. The predicted octanol–water partition coefficient (Wildman–Crippen LogP) is 1.34. The number of nitrogens with one attached hydrogen (secondary N) is 1. The molecule has 1 rings (SSSR count). The molecule has 15 heavy (non-hydrogen) atoms. The van der Waals surface area contributed by atoms with Gasteiger partial charge in [0.2, 0.25) is 5.91 Å². The lowest BCUT2D eigenvalue weighted by atomic mass is 10.1. The third kappa shape index (κ3) is 6.05. The van der Waals surface area contributed by atoms with E-state index in [-0.39, 0.29) is 5.91 Å². The third-order valence-electron chi connectivity index (χ3n) is 2.73. The summed E-state index contributed by atoms with van der Waals surface area (Å²) in [5.74, 6) is 1.12. The normalized spacial score (nSPS) is 17.7. The molecule has 0 radical (unpaired) electrons. The molecule has 3 nitrogen and oxygen atoms in total. The summed E-state index contributed by atoms with van der Waals surface area (Å²) in [6.07, 6.45) is 6.69. The van der Waals surface area contributed by atoms with Gasteiger partial charge < -0.3 is 10.2 Å². The molecule has 0 atom stereocenters. The maximum Gasteiger partial charge on any atom is 0.220 e. The lowest BCUT2D eigenvalue weighted by Crippen LogP contribution is -2.37. The minimum absolute atomic E-state index is 0.196. The number of hydrogen-bond acceptors (Lipinski definition) is 3. The molecule has 1 N–H and O–H groups in total. The van der Waals surface area contributed by atoms with Crippen LogP contribution in [-0.4, -0.2) is 49.0 Å². The number of carbonyl (C=O) groups excluding carboxylic acids is 1. The minimum atomic E-state index is 0.196. The second-order valence-corrected chi connectivity index (χ2v) is 4.98. The number of likely N-dealkylation sites (tertiary alicyclic amines) is 1. The number of nitrogens with zero attached hydrogens (tertiary/aromatic N) is 1. The summed E-state index contributed by atoms with van der Waals surface area (Å²) in [5.41, 5.74) is 0. The van der Waals surface area contributed by atoms with Crippen molar-refractivity contribution in [3.05, 3.63) is 0 Å². The Morgan fingerprint density at radius 3 is 2.73 bits per heavy atom. The number of rotatable bonds is 6. The molecule has 1 saturated heterocycles. The first-order valence-corrected chi connectivity index (χ1v) is 7.20. The number of carbonyl (C=O) groups is 1. The molecule has 0 aromatic heterocycles. The van der Waals surface area contributed by atoms with Crippen LogP contribution < -0.4 is 5.32 Å². The van der Waals surface area contributed by atoms with Crippen LogP contribution in [0, 0.1) is 0 Å². The second-order valence-electron chi connectivity index (χ2n) is 4.00. The Morgan fingerprint density at radius 1 is 1.33 bits per heavy atom. The second kappa shape index (κ2) is 7.99. The zero-order valence-electron chi connectivity index (χ0n) is 9.63. The van der Waals surface area contributed by atoms with Gasteiger partial charge in [0.1, 0.15) is 0 Å². The quantitative estimate of drug-likeness (QED) is 0.747. The molecule has 0 unspecified atom stereocenters. The van der Waals surface area contributed by atoms with Crippen molar-refractivity contribution in [2.75, 3.05) is 38.2 Å². The maximum absolute atomic E-state index is 11.3. The molecule has 4 heteroatoms. The molecular formula is C11H22N2OS. The smallest absolute Gasteiger partial charge is 0.220 e. The van der Waals surface area contributed by atoms with Gasteiger partial charge in [0, 0.05) is 25.3 Å². The van der Waals surface area contributed by atoms with Crippen molar-refractivity contribution in [2.24, 2.45) is 0 Å². The molecule has 1 amide bonds. The molecule has 88 valence electrons. The molecule has 0 bridgehead atoms. The zero-order chi connectivity index (χ0) is 10.9. The topological polar surface area (TPSA) is 32.3 Å².